The van der Waals surface area contributed by atoms with Crippen LogP contribution in [0.3, 0.4) is 0 Å². The molecule has 0 unspecified atom stereocenters. The van der Waals surface area contributed by atoms with Crippen molar-refractivity contribution in [2.75, 3.05) is 6.61 Å². The number of H-pyrrole nitrogens is 1. The van der Waals surface area contributed by atoms with Crippen molar-refractivity contribution in [1.29, 1.82) is 0 Å². The van der Waals surface area contributed by atoms with Gasteiger partial charge in [-0.3, -0.25) is 0 Å². The van der Waals surface area contributed by atoms with Crippen LogP contribution in [0.25, 0.3) is 22.4 Å². The molecule has 0 amide bonds. The Kier molecular flexibility index (Phi) is 2.49. The molecule has 0 fully saturated rings. The molecule has 1 aliphatic rings. The highest BCUT2D eigenvalue weighted by molar-refractivity contribution is 5.81. The second kappa shape index (κ2) is 4.34. The molecule has 1 N–H and O–H groups in total. The van der Waals surface area contributed by atoms with Crippen molar-refractivity contribution >= 4 is 11.0 Å². The molecule has 2 aromatic carbocycles. The number of nitrogens with zero attached hydrogens (tertiary/aromatic N) is 1. The first-order chi connectivity index (χ1) is 9.81. The van der Waals surface area contributed by atoms with E-state index in [1.165, 1.54) is 6.07 Å². The van der Waals surface area contributed by atoms with Gasteiger partial charge in [-0.1, -0.05) is 12.1 Å². The van der Waals surface area contributed by atoms with Crippen LogP contribution in [0, 0.1) is 5.82 Å². The Morgan fingerprint density at radius 1 is 1.20 bits per heavy atom. The van der Waals surface area contributed by atoms with Gasteiger partial charge in [0.05, 0.1) is 23.2 Å². The van der Waals surface area contributed by atoms with E-state index >= 15 is 0 Å². The Morgan fingerprint density at radius 2 is 2.10 bits per heavy atom. The number of aryl methyl sites for hydroxylation is 1. The first-order valence-corrected chi connectivity index (χ1v) is 6.71. The number of nitrogens with one attached hydrogen (secondary N) is 1. The van der Waals surface area contributed by atoms with Gasteiger partial charge in [0.15, 0.2) is 0 Å². The maximum absolute atomic E-state index is 13.8. The van der Waals surface area contributed by atoms with Crippen molar-refractivity contribution in [2.45, 2.75) is 12.8 Å². The molecule has 3 aromatic rings. The number of hydrogen-bond donors (Lipinski definition) is 1. The fourth-order valence-corrected chi connectivity index (χ4v) is 2.70. The summed E-state index contributed by atoms with van der Waals surface area (Å²) in [4.78, 5) is 7.76. The largest absolute Gasteiger partial charge is 0.493 e. The van der Waals surface area contributed by atoms with Crippen molar-refractivity contribution in [3.63, 3.8) is 0 Å². The van der Waals surface area contributed by atoms with Gasteiger partial charge in [0.25, 0.3) is 0 Å². The van der Waals surface area contributed by atoms with Gasteiger partial charge < -0.3 is 9.72 Å². The van der Waals surface area contributed by atoms with E-state index in [-0.39, 0.29) is 5.82 Å². The van der Waals surface area contributed by atoms with Crippen molar-refractivity contribution in [2.24, 2.45) is 0 Å². The Bertz CT molecular complexity index is 761. The Hall–Kier alpha value is -2.36. The van der Waals surface area contributed by atoms with E-state index in [9.17, 15) is 4.39 Å². The summed E-state index contributed by atoms with van der Waals surface area (Å²) in [5.74, 6) is 1.17. The van der Waals surface area contributed by atoms with Crippen LogP contribution in [-0.4, -0.2) is 16.6 Å². The highest BCUT2D eigenvalue weighted by Gasteiger charge is 2.19. The number of aromatic nitrogens is 2. The molecule has 0 bridgehead atoms. The molecular formula is C16H13FN2O. The number of rotatable bonds is 1. The highest BCUT2D eigenvalue weighted by atomic mass is 19.1. The summed E-state index contributed by atoms with van der Waals surface area (Å²) in [5, 5.41) is 0. The monoisotopic (exact) mass is 268 g/mol. The lowest BCUT2D eigenvalue weighted by Crippen LogP contribution is -2.10. The van der Waals surface area contributed by atoms with Crippen LogP contribution in [0.4, 0.5) is 4.39 Å². The number of hydrogen-bond acceptors (Lipinski definition) is 2. The number of ether oxygens (including phenoxy) is 1. The number of fused-ring (bicyclic) bond motifs is 2. The number of benzene rings is 2. The summed E-state index contributed by atoms with van der Waals surface area (Å²) in [6.07, 6.45) is 1.77. The van der Waals surface area contributed by atoms with Crippen molar-refractivity contribution in [3.05, 3.63) is 47.8 Å². The molecule has 4 heteroatoms. The molecule has 100 valence electrons. The van der Waals surface area contributed by atoms with E-state index in [1.807, 2.05) is 24.3 Å². The fraction of sp³-hybridized carbons (Fsp3) is 0.188. The van der Waals surface area contributed by atoms with Crippen LogP contribution >= 0.6 is 0 Å². The van der Waals surface area contributed by atoms with Crippen LogP contribution in [0.15, 0.2) is 36.4 Å². The molecule has 0 atom stereocenters. The van der Waals surface area contributed by atoms with E-state index in [4.69, 9.17) is 4.74 Å². The van der Waals surface area contributed by atoms with E-state index in [2.05, 4.69) is 9.97 Å². The molecule has 3 nitrogen and oxygen atoms in total. The zero-order chi connectivity index (χ0) is 13.5. The van der Waals surface area contributed by atoms with Gasteiger partial charge in [-0.15, -0.1) is 0 Å². The van der Waals surface area contributed by atoms with Crippen LogP contribution < -0.4 is 4.74 Å². The van der Waals surface area contributed by atoms with E-state index in [1.54, 1.807) is 6.07 Å². The summed E-state index contributed by atoms with van der Waals surface area (Å²) in [6, 6.07) is 10.8. The molecule has 4 rings (SSSR count). The summed E-state index contributed by atoms with van der Waals surface area (Å²) < 4.78 is 19.5. The molecule has 0 spiro atoms. The van der Waals surface area contributed by atoms with E-state index < -0.39 is 0 Å². The van der Waals surface area contributed by atoms with Gasteiger partial charge in [0, 0.05) is 0 Å². The maximum atomic E-state index is 13.8. The molecule has 0 aliphatic carbocycles. The quantitative estimate of drug-likeness (QED) is 0.730. The predicted molar refractivity (Wildman–Crippen MR) is 75.3 cm³/mol. The molecule has 1 aromatic heterocycles. The lowest BCUT2D eigenvalue weighted by Gasteiger charge is -2.19. The predicted octanol–water partition coefficient (Wildman–Crippen LogP) is 3.69. The van der Waals surface area contributed by atoms with Crippen LogP contribution in [-0.2, 0) is 6.42 Å². The third kappa shape index (κ3) is 1.76. The average molecular weight is 268 g/mol. The van der Waals surface area contributed by atoms with Crippen molar-refractivity contribution in [3.8, 4) is 17.1 Å². The maximum Gasteiger partial charge on any atom is 0.142 e. The summed E-state index contributed by atoms with van der Waals surface area (Å²) >= 11 is 0. The lowest BCUT2D eigenvalue weighted by molar-refractivity contribution is 0.288. The SMILES string of the molecule is Fc1cc2c(c(-c3nc4ccccc4[nH]3)c1)OCCC2. The minimum absolute atomic E-state index is 0.246. The third-order valence-electron chi connectivity index (χ3n) is 3.61. The molecule has 0 saturated heterocycles. The standard InChI is InChI=1S/C16H13FN2O/c17-11-8-10-4-3-7-20-15(10)12(9-11)16-18-13-5-1-2-6-14(13)19-16/h1-2,5-6,8-9H,3-4,7H2,(H,18,19). The molecule has 20 heavy (non-hydrogen) atoms. The third-order valence-corrected chi connectivity index (χ3v) is 3.61. The van der Waals surface area contributed by atoms with Gasteiger partial charge >= 0.3 is 0 Å². The average Bonchev–Trinajstić information content (AvgIpc) is 2.90. The van der Waals surface area contributed by atoms with Gasteiger partial charge in [-0.05, 0) is 42.7 Å². The molecular weight excluding hydrogens is 255 g/mol. The van der Waals surface area contributed by atoms with Gasteiger partial charge in [0.1, 0.15) is 17.4 Å². The molecule has 2 heterocycles. The summed E-state index contributed by atoms with van der Waals surface area (Å²) in [6.45, 7) is 0.672. The summed E-state index contributed by atoms with van der Waals surface area (Å²) in [7, 11) is 0. The van der Waals surface area contributed by atoms with Crippen molar-refractivity contribution < 1.29 is 9.13 Å². The van der Waals surface area contributed by atoms with Gasteiger partial charge in [-0.2, -0.15) is 0 Å². The minimum atomic E-state index is -0.246. The highest BCUT2D eigenvalue weighted by Crippen LogP contribution is 2.36. The van der Waals surface area contributed by atoms with E-state index in [0.29, 0.717) is 18.0 Å². The van der Waals surface area contributed by atoms with Gasteiger partial charge in [0.2, 0.25) is 0 Å². The van der Waals surface area contributed by atoms with Crippen molar-refractivity contribution in [1.82, 2.24) is 9.97 Å². The normalized spacial score (nSPS) is 14.1. The zero-order valence-electron chi connectivity index (χ0n) is 10.8. The smallest absolute Gasteiger partial charge is 0.142 e. The number of imidazole rings is 1. The molecule has 1 aliphatic heterocycles. The first kappa shape index (κ1) is 11.5. The Morgan fingerprint density at radius 3 is 3.00 bits per heavy atom. The van der Waals surface area contributed by atoms with Gasteiger partial charge in [-0.25, -0.2) is 9.37 Å². The topological polar surface area (TPSA) is 37.9 Å². The second-order valence-corrected chi connectivity index (χ2v) is 5.00. The number of halogens is 1. The van der Waals surface area contributed by atoms with Crippen LogP contribution in [0.1, 0.15) is 12.0 Å². The fourth-order valence-electron chi connectivity index (χ4n) is 2.70. The lowest BCUT2D eigenvalue weighted by atomic mass is 10.0. The molecule has 0 saturated carbocycles. The minimum Gasteiger partial charge on any atom is -0.493 e. The molecule has 0 radical (unpaired) electrons. The Labute approximate surface area is 115 Å². The van der Waals surface area contributed by atoms with Crippen LogP contribution in [0.5, 0.6) is 5.75 Å². The summed E-state index contributed by atoms with van der Waals surface area (Å²) in [5.41, 5.74) is 3.44. The number of para-hydroxylation sites is 2. The number of aromatic amines is 1. The van der Waals surface area contributed by atoms with E-state index in [0.717, 1.165) is 35.2 Å². The zero-order valence-corrected chi connectivity index (χ0v) is 10.8. The van der Waals surface area contributed by atoms with Crippen LogP contribution in [0.2, 0.25) is 0 Å². The Balaban J connectivity index is 1.94. The second-order valence-electron chi connectivity index (χ2n) is 5.00. The first-order valence-electron chi connectivity index (χ1n) is 6.71.